The summed E-state index contributed by atoms with van der Waals surface area (Å²) in [5.41, 5.74) is 11.8. The van der Waals surface area contributed by atoms with Gasteiger partial charge >= 0.3 is 17.9 Å². The van der Waals surface area contributed by atoms with Gasteiger partial charge in [-0.2, -0.15) is 0 Å². The van der Waals surface area contributed by atoms with Crippen molar-refractivity contribution >= 4 is 47.9 Å². The number of amides is 1. The maximum absolute atomic E-state index is 12.2. The maximum Gasteiger partial charge on any atom is 0.343 e. The number of nitrogens with zero attached hydrogens (tertiary/aromatic N) is 1. The summed E-state index contributed by atoms with van der Waals surface area (Å²) in [5.74, 6) is -3.92. The summed E-state index contributed by atoms with van der Waals surface area (Å²) < 4.78 is 5.25. The molecule has 0 fully saturated rings. The van der Waals surface area contributed by atoms with E-state index in [9.17, 15) is 19.2 Å². The number of hydrogen-bond acceptors (Lipinski definition) is 6. The van der Waals surface area contributed by atoms with Crippen LogP contribution in [0.3, 0.4) is 0 Å². The molecule has 11 nitrogen and oxygen atoms in total. The molecule has 0 aromatic heterocycles. The Hall–Kier alpha value is -4.12. The second-order valence-corrected chi connectivity index (χ2v) is 6.35. The number of aliphatic imine (C=N–C) groups is 1. The number of carbonyl (C=O) groups excluding carboxylic acids is 2. The molecule has 0 radical (unpaired) electrons. The highest BCUT2D eigenvalue weighted by Gasteiger charge is 2.23. The van der Waals surface area contributed by atoms with Crippen LogP contribution >= 0.6 is 12.4 Å². The molecule has 170 valence electrons. The Kier molecular flexibility index (Phi) is 9.65. The number of guanidine groups is 1. The quantitative estimate of drug-likeness (QED) is 0.154. The van der Waals surface area contributed by atoms with E-state index >= 15 is 0 Å². The number of halogens is 1. The van der Waals surface area contributed by atoms with Gasteiger partial charge in [0.15, 0.2) is 5.96 Å². The third kappa shape index (κ3) is 8.32. The Morgan fingerprint density at radius 3 is 2.06 bits per heavy atom. The SMILES string of the molecule is Cl.NC(N)=Nc1ccc(C(=O)Oc2ccc(CC(=O)N[C@@H](CC(=O)O)C(=O)O)cc2)cc1. The molecule has 0 aliphatic carbocycles. The van der Waals surface area contributed by atoms with Crippen molar-refractivity contribution in [2.24, 2.45) is 16.5 Å². The average molecular weight is 465 g/mol. The van der Waals surface area contributed by atoms with Gasteiger partial charge in [-0.3, -0.25) is 9.59 Å². The van der Waals surface area contributed by atoms with E-state index in [0.29, 0.717) is 11.3 Å². The molecule has 32 heavy (non-hydrogen) atoms. The Bertz CT molecular complexity index is 1000. The number of ether oxygens (including phenoxy) is 1. The molecule has 1 atom stereocenters. The second kappa shape index (κ2) is 11.9. The molecule has 0 heterocycles. The summed E-state index contributed by atoms with van der Waals surface area (Å²) in [7, 11) is 0. The molecule has 2 rings (SSSR count). The predicted octanol–water partition coefficient (Wildman–Crippen LogP) is 0.819. The van der Waals surface area contributed by atoms with Crippen LogP contribution in [-0.2, 0) is 20.8 Å². The van der Waals surface area contributed by atoms with Crippen LogP contribution < -0.4 is 21.5 Å². The molecule has 0 bridgehead atoms. The topological polar surface area (TPSA) is 194 Å². The normalized spacial score (nSPS) is 10.8. The van der Waals surface area contributed by atoms with E-state index in [-0.39, 0.29) is 36.1 Å². The van der Waals surface area contributed by atoms with Crippen LogP contribution in [0.2, 0.25) is 0 Å². The van der Waals surface area contributed by atoms with Crippen LogP contribution in [0.25, 0.3) is 0 Å². The van der Waals surface area contributed by atoms with Gasteiger partial charge in [-0.15, -0.1) is 12.4 Å². The van der Waals surface area contributed by atoms with Crippen LogP contribution in [0.15, 0.2) is 53.5 Å². The van der Waals surface area contributed by atoms with Gasteiger partial charge in [-0.05, 0) is 42.0 Å². The lowest BCUT2D eigenvalue weighted by Gasteiger charge is -2.12. The zero-order chi connectivity index (χ0) is 23.0. The molecule has 0 unspecified atom stereocenters. The molecular weight excluding hydrogens is 444 g/mol. The Morgan fingerprint density at radius 1 is 0.969 bits per heavy atom. The van der Waals surface area contributed by atoms with Crippen LogP contribution in [0.1, 0.15) is 22.3 Å². The molecule has 2 aromatic carbocycles. The van der Waals surface area contributed by atoms with Crippen molar-refractivity contribution in [2.45, 2.75) is 18.9 Å². The molecule has 0 aliphatic rings. The van der Waals surface area contributed by atoms with Gasteiger partial charge in [0.05, 0.1) is 24.1 Å². The number of esters is 1. The number of hydrogen-bond donors (Lipinski definition) is 5. The number of nitrogens with two attached hydrogens (primary N) is 2. The minimum atomic E-state index is -1.52. The fourth-order valence-corrected chi connectivity index (χ4v) is 2.47. The monoisotopic (exact) mass is 464 g/mol. The summed E-state index contributed by atoms with van der Waals surface area (Å²) in [6.07, 6.45) is -0.910. The summed E-state index contributed by atoms with van der Waals surface area (Å²) >= 11 is 0. The third-order valence-corrected chi connectivity index (χ3v) is 3.87. The largest absolute Gasteiger partial charge is 0.481 e. The molecule has 2 aromatic rings. The van der Waals surface area contributed by atoms with Crippen LogP contribution in [0.4, 0.5) is 5.69 Å². The first-order valence-corrected chi connectivity index (χ1v) is 8.89. The highest BCUT2D eigenvalue weighted by atomic mass is 35.5. The van der Waals surface area contributed by atoms with Crippen molar-refractivity contribution in [3.05, 3.63) is 59.7 Å². The molecule has 0 aliphatic heterocycles. The van der Waals surface area contributed by atoms with Gasteiger partial charge in [-0.25, -0.2) is 14.6 Å². The van der Waals surface area contributed by atoms with Gasteiger partial charge in [0, 0.05) is 0 Å². The standard InChI is InChI=1S/C20H20N4O7.ClH/c21-20(22)23-13-5-3-12(4-6-13)19(30)31-14-7-1-11(2-8-14)9-16(25)24-15(18(28)29)10-17(26)27;/h1-8,15H,9-10H2,(H,24,25)(H,26,27)(H,28,29)(H4,21,22,23);1H/t15-;/m0./s1. The first-order valence-electron chi connectivity index (χ1n) is 8.89. The first-order chi connectivity index (χ1) is 14.6. The summed E-state index contributed by atoms with van der Waals surface area (Å²) in [4.78, 5) is 49.7. The zero-order valence-electron chi connectivity index (χ0n) is 16.6. The predicted molar refractivity (Wildman–Crippen MR) is 116 cm³/mol. The van der Waals surface area contributed by atoms with E-state index in [2.05, 4.69) is 10.3 Å². The van der Waals surface area contributed by atoms with Crippen molar-refractivity contribution in [1.29, 1.82) is 0 Å². The summed E-state index contributed by atoms with van der Waals surface area (Å²) in [6.45, 7) is 0. The lowest BCUT2D eigenvalue weighted by atomic mass is 10.1. The molecular formula is C20H21ClN4O7. The minimum Gasteiger partial charge on any atom is -0.481 e. The van der Waals surface area contributed by atoms with E-state index in [4.69, 9.17) is 26.4 Å². The summed E-state index contributed by atoms with van der Waals surface area (Å²) in [5, 5.41) is 19.8. The first kappa shape index (κ1) is 25.9. The average Bonchev–Trinajstić information content (AvgIpc) is 2.68. The fraction of sp³-hybridized carbons (Fsp3) is 0.150. The van der Waals surface area contributed by atoms with E-state index in [1.807, 2.05) is 0 Å². The third-order valence-electron chi connectivity index (χ3n) is 3.87. The van der Waals surface area contributed by atoms with Crippen LogP contribution in [0, 0.1) is 0 Å². The van der Waals surface area contributed by atoms with Crippen molar-refractivity contribution in [3.63, 3.8) is 0 Å². The molecule has 1 amide bonds. The lowest BCUT2D eigenvalue weighted by molar-refractivity contribution is -0.147. The van der Waals surface area contributed by atoms with Crippen molar-refractivity contribution < 1.29 is 34.1 Å². The van der Waals surface area contributed by atoms with Crippen LogP contribution in [-0.4, -0.2) is 46.0 Å². The van der Waals surface area contributed by atoms with Gasteiger partial charge in [0.2, 0.25) is 5.91 Å². The number of rotatable bonds is 9. The molecule has 0 spiro atoms. The van der Waals surface area contributed by atoms with Crippen molar-refractivity contribution in [3.8, 4) is 5.75 Å². The van der Waals surface area contributed by atoms with E-state index in [0.717, 1.165) is 0 Å². The minimum absolute atomic E-state index is 0. The van der Waals surface area contributed by atoms with E-state index < -0.39 is 36.3 Å². The lowest BCUT2D eigenvalue weighted by Crippen LogP contribution is -2.42. The highest BCUT2D eigenvalue weighted by Crippen LogP contribution is 2.17. The fourth-order valence-electron chi connectivity index (χ4n) is 2.47. The van der Waals surface area contributed by atoms with Crippen LogP contribution in [0.5, 0.6) is 5.75 Å². The zero-order valence-corrected chi connectivity index (χ0v) is 17.4. The number of aliphatic carboxylic acids is 2. The molecule has 7 N–H and O–H groups in total. The highest BCUT2D eigenvalue weighted by molar-refractivity contribution is 5.91. The molecule has 12 heteroatoms. The van der Waals surface area contributed by atoms with Gasteiger partial charge in [0.1, 0.15) is 11.8 Å². The maximum atomic E-state index is 12.2. The Morgan fingerprint density at radius 2 is 1.56 bits per heavy atom. The molecule has 0 saturated carbocycles. The number of carboxylic acid groups (broad SMARTS) is 2. The van der Waals surface area contributed by atoms with Gasteiger partial charge in [-0.1, -0.05) is 12.1 Å². The smallest absolute Gasteiger partial charge is 0.343 e. The number of carboxylic acids is 2. The number of carbonyl (C=O) groups is 4. The van der Waals surface area contributed by atoms with Crippen molar-refractivity contribution in [2.75, 3.05) is 0 Å². The number of benzene rings is 2. The van der Waals surface area contributed by atoms with Gasteiger partial charge < -0.3 is 31.7 Å². The second-order valence-electron chi connectivity index (χ2n) is 6.35. The Balaban J connectivity index is 0.00000512. The molecule has 0 saturated heterocycles. The summed E-state index contributed by atoms with van der Waals surface area (Å²) in [6, 6.07) is 10.6. The van der Waals surface area contributed by atoms with Gasteiger partial charge in [0.25, 0.3) is 0 Å². The van der Waals surface area contributed by atoms with Crippen molar-refractivity contribution in [1.82, 2.24) is 5.32 Å². The number of nitrogens with one attached hydrogen (secondary N) is 1. The Labute approximate surface area is 188 Å². The van der Waals surface area contributed by atoms with E-state index in [1.165, 1.54) is 36.4 Å². The van der Waals surface area contributed by atoms with E-state index in [1.54, 1.807) is 12.1 Å².